The van der Waals surface area contributed by atoms with Crippen molar-refractivity contribution in [1.82, 2.24) is 14.9 Å². The SMILES string of the molecule is Cc1nncn1N.Cl. The van der Waals surface area contributed by atoms with E-state index in [4.69, 9.17) is 5.84 Å². The summed E-state index contributed by atoms with van der Waals surface area (Å²) in [4.78, 5) is 0. The molecular formula is C3H7ClN4. The molecule has 2 N–H and O–H groups in total. The summed E-state index contributed by atoms with van der Waals surface area (Å²) < 4.78 is 1.36. The first-order valence-electron chi connectivity index (χ1n) is 1.92. The van der Waals surface area contributed by atoms with Crippen LogP contribution in [0.4, 0.5) is 0 Å². The van der Waals surface area contributed by atoms with E-state index in [2.05, 4.69) is 10.2 Å². The maximum absolute atomic E-state index is 5.23. The molecule has 0 saturated heterocycles. The highest BCUT2D eigenvalue weighted by Crippen LogP contribution is 1.79. The van der Waals surface area contributed by atoms with Gasteiger partial charge in [0.15, 0.2) is 0 Å². The molecule has 0 amide bonds. The highest BCUT2D eigenvalue weighted by molar-refractivity contribution is 5.85. The van der Waals surface area contributed by atoms with Gasteiger partial charge in [-0.3, -0.25) is 0 Å². The third-order valence-electron chi connectivity index (χ3n) is 0.752. The molecule has 4 nitrogen and oxygen atoms in total. The Labute approximate surface area is 53.1 Å². The third-order valence-corrected chi connectivity index (χ3v) is 0.752. The summed E-state index contributed by atoms with van der Waals surface area (Å²) in [5.41, 5.74) is 0. The minimum Gasteiger partial charge on any atom is -0.336 e. The van der Waals surface area contributed by atoms with Gasteiger partial charge in [0.25, 0.3) is 0 Å². The van der Waals surface area contributed by atoms with Crippen molar-refractivity contribution in [2.45, 2.75) is 6.92 Å². The van der Waals surface area contributed by atoms with Gasteiger partial charge >= 0.3 is 0 Å². The van der Waals surface area contributed by atoms with Gasteiger partial charge in [-0.05, 0) is 6.92 Å². The van der Waals surface area contributed by atoms with Crippen molar-refractivity contribution in [3.63, 3.8) is 0 Å². The maximum Gasteiger partial charge on any atom is 0.148 e. The average molecular weight is 135 g/mol. The lowest BCUT2D eigenvalue weighted by molar-refractivity contribution is 0.927. The van der Waals surface area contributed by atoms with Crippen LogP contribution in [0.5, 0.6) is 0 Å². The average Bonchev–Trinajstić information content (AvgIpc) is 1.91. The predicted molar refractivity (Wildman–Crippen MR) is 32.2 cm³/mol. The molecule has 46 valence electrons. The second kappa shape index (κ2) is 2.52. The number of halogens is 1. The van der Waals surface area contributed by atoms with Gasteiger partial charge in [-0.1, -0.05) is 0 Å². The molecule has 0 spiro atoms. The summed E-state index contributed by atoms with van der Waals surface area (Å²) in [6, 6.07) is 0. The molecule has 0 atom stereocenters. The number of hydrogen-bond donors (Lipinski definition) is 1. The highest BCUT2D eigenvalue weighted by Gasteiger charge is 1.86. The summed E-state index contributed by atoms with van der Waals surface area (Å²) in [6.45, 7) is 1.78. The molecule has 0 fully saturated rings. The van der Waals surface area contributed by atoms with E-state index in [1.54, 1.807) is 6.92 Å². The maximum atomic E-state index is 5.23. The molecule has 8 heavy (non-hydrogen) atoms. The van der Waals surface area contributed by atoms with Gasteiger partial charge in [-0.2, -0.15) is 0 Å². The zero-order valence-corrected chi connectivity index (χ0v) is 5.22. The van der Waals surface area contributed by atoms with Crippen LogP contribution in [-0.4, -0.2) is 14.9 Å². The molecule has 0 aliphatic carbocycles. The second-order valence-electron chi connectivity index (χ2n) is 1.29. The fourth-order valence-electron chi connectivity index (χ4n) is 0.300. The summed E-state index contributed by atoms with van der Waals surface area (Å²) in [5, 5.41) is 7.11. The Bertz CT molecular complexity index is 144. The lowest BCUT2D eigenvalue weighted by atomic mass is 10.7. The molecular weight excluding hydrogens is 128 g/mol. The number of nitrogen functional groups attached to an aromatic ring is 1. The van der Waals surface area contributed by atoms with Gasteiger partial charge in [0.2, 0.25) is 0 Å². The molecule has 0 saturated carbocycles. The Hall–Kier alpha value is -0.770. The number of hydrogen-bond acceptors (Lipinski definition) is 3. The van der Waals surface area contributed by atoms with Gasteiger partial charge in [-0.15, -0.1) is 22.6 Å². The number of aromatic nitrogens is 3. The van der Waals surface area contributed by atoms with Crippen LogP contribution >= 0.6 is 12.4 Å². The Morgan fingerprint density at radius 1 is 1.75 bits per heavy atom. The molecule has 0 aliphatic heterocycles. The molecule has 1 rings (SSSR count). The van der Waals surface area contributed by atoms with Crippen LogP contribution in [-0.2, 0) is 0 Å². The zero-order chi connectivity index (χ0) is 5.28. The van der Waals surface area contributed by atoms with E-state index < -0.39 is 0 Å². The van der Waals surface area contributed by atoms with Crippen molar-refractivity contribution in [2.24, 2.45) is 0 Å². The first-order chi connectivity index (χ1) is 3.30. The third kappa shape index (κ3) is 1.10. The minimum atomic E-state index is 0. The van der Waals surface area contributed by atoms with Crippen LogP contribution in [0.1, 0.15) is 5.82 Å². The lowest BCUT2D eigenvalue weighted by Crippen LogP contribution is -2.07. The molecule has 5 heteroatoms. The van der Waals surface area contributed by atoms with E-state index in [0.717, 1.165) is 5.82 Å². The number of nitrogens with zero attached hydrogens (tertiary/aromatic N) is 3. The Morgan fingerprint density at radius 2 is 2.38 bits per heavy atom. The molecule has 1 aromatic rings. The van der Waals surface area contributed by atoms with Gasteiger partial charge in [-0.25, -0.2) is 4.68 Å². The summed E-state index contributed by atoms with van der Waals surface area (Å²) in [5.74, 6) is 5.95. The number of rotatable bonds is 0. The quantitative estimate of drug-likeness (QED) is 0.497. The van der Waals surface area contributed by atoms with Crippen LogP contribution in [0, 0.1) is 6.92 Å². The monoisotopic (exact) mass is 134 g/mol. The van der Waals surface area contributed by atoms with Crippen molar-refractivity contribution in [3.8, 4) is 0 Å². The van der Waals surface area contributed by atoms with Crippen LogP contribution in [0.2, 0.25) is 0 Å². The summed E-state index contributed by atoms with van der Waals surface area (Å²) in [7, 11) is 0. The largest absolute Gasteiger partial charge is 0.336 e. The van der Waals surface area contributed by atoms with E-state index >= 15 is 0 Å². The van der Waals surface area contributed by atoms with Gasteiger partial charge in [0, 0.05) is 0 Å². The van der Waals surface area contributed by atoms with Gasteiger partial charge in [0.1, 0.15) is 12.2 Å². The van der Waals surface area contributed by atoms with Crippen molar-refractivity contribution in [3.05, 3.63) is 12.2 Å². The standard InChI is InChI=1S/C3H6N4.ClH/c1-3-6-5-2-7(3)4;/h2H,4H2,1H3;1H. The van der Waals surface area contributed by atoms with Gasteiger partial charge in [0.05, 0.1) is 0 Å². The Morgan fingerprint density at radius 3 is 2.50 bits per heavy atom. The normalized spacial score (nSPS) is 8.12. The highest BCUT2D eigenvalue weighted by atomic mass is 35.5. The molecule has 1 heterocycles. The van der Waals surface area contributed by atoms with Crippen LogP contribution in [0.15, 0.2) is 6.33 Å². The molecule has 0 aromatic carbocycles. The van der Waals surface area contributed by atoms with E-state index in [9.17, 15) is 0 Å². The van der Waals surface area contributed by atoms with Crippen LogP contribution in [0.3, 0.4) is 0 Å². The molecule has 0 aliphatic rings. The van der Waals surface area contributed by atoms with E-state index in [1.165, 1.54) is 11.0 Å². The topological polar surface area (TPSA) is 56.7 Å². The number of nitrogens with two attached hydrogens (primary N) is 1. The van der Waals surface area contributed by atoms with Crippen molar-refractivity contribution in [1.29, 1.82) is 0 Å². The van der Waals surface area contributed by atoms with E-state index in [0.29, 0.717) is 0 Å². The fourth-order valence-corrected chi connectivity index (χ4v) is 0.300. The number of aryl methyl sites for hydroxylation is 1. The zero-order valence-electron chi connectivity index (χ0n) is 4.40. The predicted octanol–water partition coefficient (Wildman–Crippen LogP) is -0.278. The molecule has 0 bridgehead atoms. The van der Waals surface area contributed by atoms with Crippen molar-refractivity contribution >= 4 is 12.4 Å². The van der Waals surface area contributed by atoms with E-state index in [-0.39, 0.29) is 12.4 Å². The minimum absolute atomic E-state index is 0. The van der Waals surface area contributed by atoms with Crippen LogP contribution < -0.4 is 5.84 Å². The first-order valence-corrected chi connectivity index (χ1v) is 1.92. The van der Waals surface area contributed by atoms with E-state index in [1.807, 2.05) is 0 Å². The fraction of sp³-hybridized carbons (Fsp3) is 0.333. The van der Waals surface area contributed by atoms with Gasteiger partial charge < -0.3 is 5.84 Å². The summed E-state index contributed by atoms with van der Waals surface area (Å²) in [6.07, 6.45) is 1.45. The van der Waals surface area contributed by atoms with Crippen LogP contribution in [0.25, 0.3) is 0 Å². The van der Waals surface area contributed by atoms with Crippen molar-refractivity contribution in [2.75, 3.05) is 5.84 Å². The Balaban J connectivity index is 0.000000490. The lowest BCUT2D eigenvalue weighted by Gasteiger charge is -1.85. The molecule has 0 unspecified atom stereocenters. The molecule has 1 aromatic heterocycles. The molecule has 0 radical (unpaired) electrons. The summed E-state index contributed by atoms with van der Waals surface area (Å²) >= 11 is 0. The Kier molecular flexibility index (Phi) is 2.27. The van der Waals surface area contributed by atoms with Crippen molar-refractivity contribution < 1.29 is 0 Å². The smallest absolute Gasteiger partial charge is 0.148 e. The second-order valence-corrected chi connectivity index (χ2v) is 1.29. The first kappa shape index (κ1) is 7.23.